The number of carbonyl (C=O) groups is 2. The van der Waals surface area contributed by atoms with Crippen molar-refractivity contribution in [2.45, 2.75) is 39.2 Å². The molecule has 0 bridgehead atoms. The van der Waals surface area contributed by atoms with Crippen molar-refractivity contribution >= 4 is 11.9 Å². The molecular weight excluding hydrogens is 344 g/mol. The molecule has 1 aromatic heterocycles. The first-order chi connectivity index (χ1) is 13.1. The van der Waals surface area contributed by atoms with Gasteiger partial charge >= 0.3 is 5.97 Å². The van der Waals surface area contributed by atoms with Crippen LogP contribution < -0.4 is 5.48 Å². The van der Waals surface area contributed by atoms with Gasteiger partial charge in [0.25, 0.3) is 5.91 Å². The quantitative estimate of drug-likeness (QED) is 0.837. The van der Waals surface area contributed by atoms with Crippen molar-refractivity contribution in [3.8, 4) is 11.3 Å². The molecule has 1 N–H and O–H groups in total. The second-order valence-electron chi connectivity index (χ2n) is 6.78. The molecule has 0 saturated carbocycles. The van der Waals surface area contributed by atoms with Crippen molar-refractivity contribution in [1.29, 1.82) is 0 Å². The molecule has 2 aromatic rings. The lowest BCUT2D eigenvalue weighted by atomic mass is 9.95. The van der Waals surface area contributed by atoms with Gasteiger partial charge in [-0.3, -0.25) is 9.78 Å². The maximum atomic E-state index is 12.2. The number of hydroxylamine groups is 1. The summed E-state index contributed by atoms with van der Waals surface area (Å²) in [7, 11) is 0. The van der Waals surface area contributed by atoms with Gasteiger partial charge in [0.15, 0.2) is 0 Å². The number of benzene rings is 1. The minimum atomic E-state index is -0.495. The van der Waals surface area contributed by atoms with Crippen LogP contribution in [0, 0.1) is 12.8 Å². The number of nitrogens with one attached hydrogen (secondary N) is 1. The number of hydrogen-bond donors (Lipinski definition) is 1. The lowest BCUT2D eigenvalue weighted by molar-refractivity contribution is -0.159. The molecule has 1 aliphatic heterocycles. The van der Waals surface area contributed by atoms with E-state index in [1.807, 2.05) is 38.1 Å². The van der Waals surface area contributed by atoms with Gasteiger partial charge in [-0.15, -0.1) is 0 Å². The Morgan fingerprint density at radius 2 is 2.15 bits per heavy atom. The SMILES string of the molecule is CCC1CC(C(=O)ONC(=O)c2ccc(-c3cccc(C)c3)nc2)CCO1. The normalized spacial score (nSPS) is 19.3. The average molecular weight is 368 g/mol. The lowest BCUT2D eigenvalue weighted by Crippen LogP contribution is -2.35. The van der Waals surface area contributed by atoms with Crippen LogP contribution in [-0.2, 0) is 14.4 Å². The standard InChI is InChI=1S/C21H24N2O4/c1-3-18-12-16(9-10-26-18)21(25)27-23-20(24)17-7-8-19(22-13-17)15-6-4-5-14(2)11-15/h4-8,11,13,16,18H,3,9-10,12H2,1-2H3,(H,23,24). The summed E-state index contributed by atoms with van der Waals surface area (Å²) in [5.41, 5.74) is 5.46. The molecule has 2 unspecified atom stereocenters. The minimum absolute atomic E-state index is 0.0744. The molecular formula is C21H24N2O4. The molecule has 1 aromatic carbocycles. The van der Waals surface area contributed by atoms with E-state index >= 15 is 0 Å². The van der Waals surface area contributed by atoms with E-state index in [9.17, 15) is 9.59 Å². The minimum Gasteiger partial charge on any atom is -0.378 e. The predicted octanol–water partition coefficient (Wildman–Crippen LogP) is 3.45. The molecule has 1 aliphatic rings. The van der Waals surface area contributed by atoms with Crippen LogP contribution in [0.1, 0.15) is 42.1 Å². The highest BCUT2D eigenvalue weighted by Gasteiger charge is 2.29. The van der Waals surface area contributed by atoms with Crippen LogP contribution in [0.4, 0.5) is 0 Å². The van der Waals surface area contributed by atoms with E-state index in [1.165, 1.54) is 6.20 Å². The number of hydrogen-bond acceptors (Lipinski definition) is 5. The summed E-state index contributed by atoms with van der Waals surface area (Å²) in [4.78, 5) is 33.7. The topological polar surface area (TPSA) is 77.5 Å². The molecule has 2 heterocycles. The molecule has 1 fully saturated rings. The molecule has 0 radical (unpaired) electrons. The zero-order valence-electron chi connectivity index (χ0n) is 15.6. The smallest absolute Gasteiger partial charge is 0.335 e. The summed E-state index contributed by atoms with van der Waals surface area (Å²) in [6, 6.07) is 11.4. The third kappa shape index (κ3) is 4.92. The molecule has 6 heteroatoms. The molecule has 3 rings (SSSR count). The molecule has 1 saturated heterocycles. The monoisotopic (exact) mass is 368 g/mol. The van der Waals surface area contributed by atoms with Crippen LogP contribution in [0.15, 0.2) is 42.6 Å². The fourth-order valence-corrected chi connectivity index (χ4v) is 3.12. The van der Waals surface area contributed by atoms with Gasteiger partial charge in [0.2, 0.25) is 0 Å². The number of nitrogens with zero attached hydrogens (tertiary/aromatic N) is 1. The highest BCUT2D eigenvalue weighted by molar-refractivity contribution is 5.94. The first kappa shape index (κ1) is 19.0. The summed E-state index contributed by atoms with van der Waals surface area (Å²) in [5, 5.41) is 0. The summed E-state index contributed by atoms with van der Waals surface area (Å²) in [5.74, 6) is -1.16. The number of aromatic nitrogens is 1. The third-order valence-electron chi connectivity index (χ3n) is 4.74. The van der Waals surface area contributed by atoms with E-state index in [4.69, 9.17) is 9.57 Å². The van der Waals surface area contributed by atoms with Crippen LogP contribution in [0.3, 0.4) is 0 Å². The fourth-order valence-electron chi connectivity index (χ4n) is 3.12. The number of ether oxygens (including phenoxy) is 1. The first-order valence-corrected chi connectivity index (χ1v) is 9.22. The molecule has 0 aliphatic carbocycles. The van der Waals surface area contributed by atoms with E-state index in [-0.39, 0.29) is 12.0 Å². The van der Waals surface area contributed by atoms with Gasteiger partial charge in [0, 0.05) is 18.4 Å². The highest BCUT2D eigenvalue weighted by atomic mass is 16.7. The molecule has 27 heavy (non-hydrogen) atoms. The number of amides is 1. The maximum Gasteiger partial charge on any atom is 0.335 e. The number of pyridine rings is 1. The first-order valence-electron chi connectivity index (χ1n) is 9.22. The Hall–Kier alpha value is -2.73. The zero-order chi connectivity index (χ0) is 19.2. The summed E-state index contributed by atoms with van der Waals surface area (Å²) in [6.45, 7) is 4.57. The van der Waals surface area contributed by atoms with Gasteiger partial charge in [-0.25, -0.2) is 4.79 Å². The molecule has 6 nitrogen and oxygen atoms in total. The zero-order valence-corrected chi connectivity index (χ0v) is 15.6. The maximum absolute atomic E-state index is 12.2. The number of rotatable bonds is 4. The van der Waals surface area contributed by atoms with Crippen molar-refractivity contribution in [2.24, 2.45) is 5.92 Å². The second-order valence-corrected chi connectivity index (χ2v) is 6.78. The van der Waals surface area contributed by atoms with E-state index in [2.05, 4.69) is 10.5 Å². The van der Waals surface area contributed by atoms with Crippen molar-refractivity contribution < 1.29 is 19.2 Å². The van der Waals surface area contributed by atoms with Crippen molar-refractivity contribution in [3.63, 3.8) is 0 Å². The van der Waals surface area contributed by atoms with E-state index in [0.29, 0.717) is 25.0 Å². The van der Waals surface area contributed by atoms with Crippen molar-refractivity contribution in [2.75, 3.05) is 6.61 Å². The van der Waals surface area contributed by atoms with Gasteiger partial charge < -0.3 is 9.57 Å². The van der Waals surface area contributed by atoms with E-state index < -0.39 is 11.9 Å². The van der Waals surface area contributed by atoms with Gasteiger partial charge in [0.1, 0.15) is 0 Å². The molecule has 2 atom stereocenters. The second kappa shape index (κ2) is 8.77. The van der Waals surface area contributed by atoms with Crippen LogP contribution in [0.2, 0.25) is 0 Å². The summed E-state index contributed by atoms with van der Waals surface area (Å²) >= 11 is 0. The largest absolute Gasteiger partial charge is 0.378 e. The Kier molecular flexibility index (Phi) is 6.19. The Morgan fingerprint density at radius 3 is 2.85 bits per heavy atom. The molecule has 1 amide bonds. The van der Waals surface area contributed by atoms with Crippen LogP contribution >= 0.6 is 0 Å². The summed E-state index contributed by atoms with van der Waals surface area (Å²) < 4.78 is 5.55. The van der Waals surface area contributed by atoms with Crippen LogP contribution in [0.25, 0.3) is 11.3 Å². The third-order valence-corrected chi connectivity index (χ3v) is 4.74. The number of aryl methyl sites for hydroxylation is 1. The van der Waals surface area contributed by atoms with Crippen molar-refractivity contribution in [1.82, 2.24) is 10.5 Å². The molecule has 0 spiro atoms. The Labute approximate surface area is 158 Å². The van der Waals surface area contributed by atoms with Gasteiger partial charge in [-0.05, 0) is 44.4 Å². The van der Waals surface area contributed by atoms with Crippen molar-refractivity contribution in [3.05, 3.63) is 53.7 Å². The fraction of sp³-hybridized carbons (Fsp3) is 0.381. The van der Waals surface area contributed by atoms with E-state index in [0.717, 1.165) is 23.2 Å². The predicted molar refractivity (Wildman–Crippen MR) is 101 cm³/mol. The molecule has 142 valence electrons. The Bertz CT molecular complexity index is 804. The van der Waals surface area contributed by atoms with Gasteiger partial charge in [-0.2, -0.15) is 5.48 Å². The summed E-state index contributed by atoms with van der Waals surface area (Å²) in [6.07, 6.45) is 3.64. The van der Waals surface area contributed by atoms with E-state index in [1.54, 1.807) is 12.1 Å². The average Bonchev–Trinajstić information content (AvgIpc) is 2.72. The Morgan fingerprint density at radius 1 is 1.30 bits per heavy atom. The number of carbonyl (C=O) groups excluding carboxylic acids is 2. The van der Waals surface area contributed by atoms with Crippen LogP contribution in [-0.4, -0.2) is 29.6 Å². The highest BCUT2D eigenvalue weighted by Crippen LogP contribution is 2.23. The Balaban J connectivity index is 1.56. The lowest BCUT2D eigenvalue weighted by Gasteiger charge is -2.27. The van der Waals surface area contributed by atoms with Gasteiger partial charge in [-0.1, -0.05) is 30.7 Å². The van der Waals surface area contributed by atoms with Crippen LogP contribution in [0.5, 0.6) is 0 Å². The van der Waals surface area contributed by atoms with Gasteiger partial charge in [0.05, 0.1) is 23.3 Å².